The van der Waals surface area contributed by atoms with Gasteiger partial charge in [0.15, 0.2) is 0 Å². The summed E-state index contributed by atoms with van der Waals surface area (Å²) in [5.74, 6) is -4.96. The summed E-state index contributed by atoms with van der Waals surface area (Å²) in [6.45, 7) is 2.20. The molecule has 0 aromatic carbocycles. The van der Waals surface area contributed by atoms with Crippen LogP contribution in [-0.2, 0) is 4.79 Å². The highest BCUT2D eigenvalue weighted by Crippen LogP contribution is 2.12. The Morgan fingerprint density at radius 1 is 0.880 bits per heavy atom. The molecule has 0 bridgehead atoms. The maximum atomic E-state index is 10.5. The van der Waals surface area contributed by atoms with Gasteiger partial charge in [0, 0.05) is 0 Å². The maximum Gasteiger partial charge on any atom is 0.366 e. The van der Waals surface area contributed by atoms with E-state index in [-0.39, 0.29) is 6.42 Å². The van der Waals surface area contributed by atoms with Gasteiger partial charge in [-0.2, -0.15) is 0 Å². The van der Waals surface area contributed by atoms with Crippen LogP contribution in [0.5, 0.6) is 0 Å². The van der Waals surface area contributed by atoms with E-state index in [0.29, 0.717) is 6.42 Å². The van der Waals surface area contributed by atoms with Crippen molar-refractivity contribution >= 4 is 5.97 Å². The van der Waals surface area contributed by atoms with Crippen molar-refractivity contribution < 1.29 is 25.2 Å². The highest BCUT2D eigenvalue weighted by Gasteiger charge is 2.40. The lowest BCUT2D eigenvalue weighted by Crippen LogP contribution is -2.49. The summed E-state index contributed by atoms with van der Waals surface area (Å²) in [4.78, 5) is 10.5. The molecule has 0 rings (SSSR count). The van der Waals surface area contributed by atoms with E-state index in [0.717, 1.165) is 19.3 Å². The summed E-state index contributed by atoms with van der Waals surface area (Å²) in [6.07, 6.45) is 21.3. The molecule has 4 N–H and O–H groups in total. The van der Waals surface area contributed by atoms with Gasteiger partial charge < -0.3 is 20.4 Å². The summed E-state index contributed by atoms with van der Waals surface area (Å²) in [7, 11) is 0. The van der Waals surface area contributed by atoms with Gasteiger partial charge in [0.25, 0.3) is 5.79 Å². The Bertz CT molecular complexity index is 461. The van der Waals surface area contributed by atoms with E-state index < -0.39 is 17.9 Å². The van der Waals surface area contributed by atoms with Crippen molar-refractivity contribution in [2.24, 2.45) is 0 Å². The number of unbranched alkanes of at least 4 members (excludes halogenated alkanes) is 4. The van der Waals surface area contributed by atoms with Gasteiger partial charge >= 0.3 is 5.97 Å². The molecule has 0 aromatic rings. The van der Waals surface area contributed by atoms with Crippen LogP contribution in [0.1, 0.15) is 58.3 Å². The van der Waals surface area contributed by atoms with Crippen molar-refractivity contribution in [2.75, 3.05) is 0 Å². The fraction of sp³-hybridized carbons (Fsp3) is 0.550. The zero-order valence-corrected chi connectivity index (χ0v) is 15.1. The Hall–Kier alpha value is -1.69. The molecule has 0 aliphatic carbocycles. The molecule has 0 aliphatic heterocycles. The lowest BCUT2D eigenvalue weighted by molar-refractivity contribution is -0.236. The lowest BCUT2D eigenvalue weighted by Gasteiger charge is -2.22. The Labute approximate surface area is 150 Å². The zero-order valence-electron chi connectivity index (χ0n) is 15.1. The van der Waals surface area contributed by atoms with Gasteiger partial charge in [0.1, 0.15) is 6.10 Å². The SMILES string of the molecule is CCCCCC=CCCC=CC=CC=CCCC(O)C(O)(O)C(=O)O. The highest BCUT2D eigenvalue weighted by atomic mass is 16.6. The molecule has 25 heavy (non-hydrogen) atoms. The van der Waals surface area contributed by atoms with E-state index in [9.17, 15) is 9.90 Å². The number of hydrogen-bond donors (Lipinski definition) is 4. The Morgan fingerprint density at radius 2 is 1.44 bits per heavy atom. The second-order valence-electron chi connectivity index (χ2n) is 5.91. The molecule has 0 fully saturated rings. The van der Waals surface area contributed by atoms with E-state index in [4.69, 9.17) is 15.3 Å². The molecular weight excluding hydrogens is 320 g/mol. The molecule has 0 aromatic heterocycles. The van der Waals surface area contributed by atoms with Crippen LogP contribution >= 0.6 is 0 Å². The third-order valence-electron chi connectivity index (χ3n) is 3.63. The smallest absolute Gasteiger partial charge is 0.366 e. The van der Waals surface area contributed by atoms with Crippen molar-refractivity contribution in [3.63, 3.8) is 0 Å². The van der Waals surface area contributed by atoms with Crippen LogP contribution < -0.4 is 0 Å². The van der Waals surface area contributed by atoms with E-state index >= 15 is 0 Å². The van der Waals surface area contributed by atoms with Gasteiger partial charge in [0.05, 0.1) is 0 Å². The first-order valence-corrected chi connectivity index (χ1v) is 8.92. The number of hydrogen-bond acceptors (Lipinski definition) is 4. The number of aliphatic hydroxyl groups is 3. The quantitative estimate of drug-likeness (QED) is 0.166. The van der Waals surface area contributed by atoms with Gasteiger partial charge in [0.2, 0.25) is 0 Å². The number of rotatable bonds is 14. The van der Waals surface area contributed by atoms with Crippen LogP contribution in [0.25, 0.3) is 0 Å². The minimum absolute atomic E-state index is 0.0515. The van der Waals surface area contributed by atoms with E-state index in [1.54, 1.807) is 12.2 Å². The normalized spacial score (nSPS) is 14.4. The van der Waals surface area contributed by atoms with Crippen LogP contribution in [0.2, 0.25) is 0 Å². The molecule has 0 spiro atoms. The minimum atomic E-state index is -3.10. The maximum absolute atomic E-state index is 10.5. The zero-order chi connectivity index (χ0) is 19.0. The lowest BCUT2D eigenvalue weighted by atomic mass is 10.1. The molecule has 5 nitrogen and oxygen atoms in total. The third kappa shape index (κ3) is 12.3. The topological polar surface area (TPSA) is 98.0 Å². The van der Waals surface area contributed by atoms with Crippen molar-refractivity contribution in [3.05, 3.63) is 48.6 Å². The van der Waals surface area contributed by atoms with Gasteiger partial charge in [-0.15, -0.1) is 0 Å². The van der Waals surface area contributed by atoms with Crippen LogP contribution in [0, 0.1) is 0 Å². The predicted molar refractivity (Wildman–Crippen MR) is 100.0 cm³/mol. The minimum Gasteiger partial charge on any atom is -0.477 e. The van der Waals surface area contributed by atoms with Gasteiger partial charge in [-0.3, -0.25) is 0 Å². The molecule has 0 amide bonds. The molecule has 142 valence electrons. The van der Waals surface area contributed by atoms with Crippen molar-refractivity contribution in [1.82, 2.24) is 0 Å². The molecule has 0 saturated carbocycles. The van der Waals surface area contributed by atoms with Crippen LogP contribution in [0.15, 0.2) is 48.6 Å². The summed E-state index contributed by atoms with van der Waals surface area (Å²) >= 11 is 0. The molecule has 0 radical (unpaired) electrons. The second kappa shape index (κ2) is 14.6. The van der Waals surface area contributed by atoms with Crippen molar-refractivity contribution in [1.29, 1.82) is 0 Å². The summed E-state index contributed by atoms with van der Waals surface area (Å²) in [6, 6.07) is 0. The standard InChI is InChI=1S/C20H32O5/c1-2-3-4-5-6-7-8-9-10-11-12-13-14-15-16-17-18(21)20(24,25)19(22)23/h6-7,10-15,18,21,24-25H,2-5,8-9,16-17H2,1H3,(H,22,23). The van der Waals surface area contributed by atoms with Gasteiger partial charge in [-0.05, 0) is 38.5 Å². The van der Waals surface area contributed by atoms with Crippen molar-refractivity contribution in [3.8, 4) is 0 Å². The number of allylic oxidation sites excluding steroid dienone is 8. The van der Waals surface area contributed by atoms with Crippen LogP contribution in [-0.4, -0.2) is 38.3 Å². The molecule has 1 unspecified atom stereocenters. The molecule has 5 heteroatoms. The Balaban J connectivity index is 3.77. The fourth-order valence-corrected chi connectivity index (χ4v) is 2.02. The molecule has 0 aliphatic rings. The number of aliphatic hydroxyl groups excluding tert-OH is 1. The number of carbonyl (C=O) groups is 1. The first kappa shape index (κ1) is 23.3. The molecular formula is C20H32O5. The molecule has 0 saturated heterocycles. The van der Waals surface area contributed by atoms with E-state index in [2.05, 4.69) is 25.2 Å². The summed E-state index contributed by atoms with van der Waals surface area (Å²) in [5.41, 5.74) is 0. The summed E-state index contributed by atoms with van der Waals surface area (Å²) < 4.78 is 0. The first-order valence-electron chi connectivity index (χ1n) is 8.92. The average molecular weight is 352 g/mol. The van der Waals surface area contributed by atoms with Gasteiger partial charge in [-0.25, -0.2) is 4.79 Å². The van der Waals surface area contributed by atoms with Crippen LogP contribution in [0.4, 0.5) is 0 Å². The molecule has 1 atom stereocenters. The second-order valence-corrected chi connectivity index (χ2v) is 5.91. The predicted octanol–water partition coefficient (Wildman–Crippen LogP) is 3.48. The monoisotopic (exact) mass is 352 g/mol. The third-order valence-corrected chi connectivity index (χ3v) is 3.63. The van der Waals surface area contributed by atoms with E-state index in [1.165, 1.54) is 19.3 Å². The summed E-state index contributed by atoms with van der Waals surface area (Å²) in [5, 5.41) is 36.2. The van der Waals surface area contributed by atoms with Crippen molar-refractivity contribution in [2.45, 2.75) is 70.2 Å². The van der Waals surface area contributed by atoms with Crippen LogP contribution in [0.3, 0.4) is 0 Å². The fourth-order valence-electron chi connectivity index (χ4n) is 2.02. The Morgan fingerprint density at radius 3 is 2.04 bits per heavy atom. The number of carboxylic acid groups (broad SMARTS) is 1. The number of aliphatic carboxylic acids is 1. The van der Waals surface area contributed by atoms with Gasteiger partial charge in [-0.1, -0.05) is 68.4 Å². The Kier molecular flexibility index (Phi) is 13.6. The average Bonchev–Trinajstić information content (AvgIpc) is 2.57. The molecule has 0 heterocycles. The van der Waals surface area contributed by atoms with E-state index in [1.807, 2.05) is 18.2 Å². The first-order chi connectivity index (χ1) is 11.9. The largest absolute Gasteiger partial charge is 0.477 e. The highest BCUT2D eigenvalue weighted by molar-refractivity contribution is 5.75. The number of carboxylic acids is 1.